The third-order valence-corrected chi connectivity index (χ3v) is 4.26. The van der Waals surface area contributed by atoms with Crippen molar-refractivity contribution in [1.29, 1.82) is 0 Å². The third kappa shape index (κ3) is 3.49. The van der Waals surface area contributed by atoms with Crippen LogP contribution < -0.4 is 5.32 Å². The molecule has 2 aliphatic rings. The number of esters is 2. The lowest BCUT2D eigenvalue weighted by molar-refractivity contribution is -0.200. The number of hydrogen-bond donors (Lipinski definition) is 2. The summed E-state index contributed by atoms with van der Waals surface area (Å²) in [6.07, 6.45) is -4.52. The fourth-order valence-electron chi connectivity index (χ4n) is 3.28. The van der Waals surface area contributed by atoms with Crippen LogP contribution in [-0.4, -0.2) is 65.2 Å². The quantitative estimate of drug-likeness (QED) is 0.750. The molecule has 9 heteroatoms. The van der Waals surface area contributed by atoms with Gasteiger partial charge in [0.1, 0.15) is 12.1 Å². The van der Waals surface area contributed by atoms with Gasteiger partial charge in [-0.1, -0.05) is 18.2 Å². The molecule has 1 aromatic carbocycles. The summed E-state index contributed by atoms with van der Waals surface area (Å²) in [5.74, 6) is -1.25. The van der Waals surface area contributed by atoms with Gasteiger partial charge in [0.15, 0.2) is 18.4 Å². The smallest absolute Gasteiger partial charge is 0.324 e. The van der Waals surface area contributed by atoms with Gasteiger partial charge in [-0.25, -0.2) is 4.79 Å². The number of rotatable bonds is 3. The molecule has 0 radical (unpaired) electrons. The second kappa shape index (κ2) is 7.30. The molecule has 9 nitrogen and oxygen atoms in total. The van der Waals surface area contributed by atoms with Gasteiger partial charge in [-0.05, 0) is 12.1 Å². The molecular weight excluding hydrogens is 344 g/mol. The number of anilines is 1. The van der Waals surface area contributed by atoms with E-state index in [1.165, 1.54) is 18.7 Å². The van der Waals surface area contributed by atoms with Crippen LogP contribution in [0.4, 0.5) is 10.5 Å². The summed E-state index contributed by atoms with van der Waals surface area (Å²) in [6.45, 7) is 2.43. The highest BCUT2D eigenvalue weighted by atomic mass is 16.6. The van der Waals surface area contributed by atoms with Crippen LogP contribution in [0, 0.1) is 0 Å². The second-order valence-corrected chi connectivity index (χ2v) is 6.13. The number of para-hydroxylation sites is 1. The largest absolute Gasteiger partial charge is 0.456 e. The lowest BCUT2D eigenvalue weighted by atomic mass is 9.94. The van der Waals surface area contributed by atoms with Crippen molar-refractivity contribution in [1.82, 2.24) is 4.90 Å². The molecule has 2 bridgehead atoms. The number of fused-ring (bicyclic) bond motifs is 2. The maximum atomic E-state index is 12.7. The van der Waals surface area contributed by atoms with Crippen molar-refractivity contribution in [3.63, 3.8) is 0 Å². The van der Waals surface area contributed by atoms with E-state index in [1.807, 2.05) is 6.07 Å². The van der Waals surface area contributed by atoms with Crippen molar-refractivity contribution in [3.8, 4) is 0 Å². The van der Waals surface area contributed by atoms with Crippen LogP contribution in [0.25, 0.3) is 0 Å². The van der Waals surface area contributed by atoms with E-state index in [0.717, 1.165) is 0 Å². The highest BCUT2D eigenvalue weighted by Gasteiger charge is 2.58. The average Bonchev–Trinajstić information content (AvgIpc) is 2.97. The van der Waals surface area contributed by atoms with Crippen molar-refractivity contribution < 1.29 is 33.7 Å². The van der Waals surface area contributed by atoms with Crippen LogP contribution in [0.15, 0.2) is 30.3 Å². The summed E-state index contributed by atoms with van der Waals surface area (Å²) >= 11 is 0. The number of piperidine rings is 1. The first-order chi connectivity index (χ1) is 12.4. The number of amides is 2. The van der Waals surface area contributed by atoms with E-state index in [9.17, 15) is 19.5 Å². The van der Waals surface area contributed by atoms with Gasteiger partial charge in [0.05, 0.1) is 6.61 Å². The Balaban J connectivity index is 1.85. The molecule has 5 atom stereocenters. The highest BCUT2D eigenvalue weighted by molar-refractivity contribution is 5.90. The molecule has 0 aromatic heterocycles. The second-order valence-electron chi connectivity index (χ2n) is 6.13. The van der Waals surface area contributed by atoms with Crippen LogP contribution in [0.2, 0.25) is 0 Å². The minimum atomic E-state index is -1.36. The van der Waals surface area contributed by atoms with Crippen LogP contribution in [-0.2, 0) is 23.8 Å². The molecule has 2 fully saturated rings. The maximum Gasteiger partial charge on any atom is 0.324 e. The zero-order valence-electron chi connectivity index (χ0n) is 14.3. The first-order valence-corrected chi connectivity index (χ1v) is 8.17. The average molecular weight is 364 g/mol. The Kier molecular flexibility index (Phi) is 5.10. The number of aliphatic hydroxyl groups excluding tert-OH is 1. The Labute approximate surface area is 149 Å². The summed E-state index contributed by atoms with van der Waals surface area (Å²) in [4.78, 5) is 36.9. The minimum Gasteiger partial charge on any atom is -0.456 e. The van der Waals surface area contributed by atoms with E-state index in [1.54, 1.807) is 24.3 Å². The standard InChI is InChI=1S/C17H20N2O7/c1-9(20)25-14-12-8-24-16(13(22)15(14)26-10(2)21)19(12)17(23)18-11-6-4-3-5-7-11/h3-7,12-16,22H,8H2,1-2H3,(H,18,23)/t12-,13+,14+,15+,16+/m0/s1. The lowest BCUT2D eigenvalue weighted by Crippen LogP contribution is -2.66. The summed E-state index contributed by atoms with van der Waals surface area (Å²) in [6, 6.07) is 7.57. The van der Waals surface area contributed by atoms with Gasteiger partial charge in [-0.2, -0.15) is 0 Å². The number of carbonyl (C=O) groups excluding carboxylic acids is 3. The van der Waals surface area contributed by atoms with Crippen LogP contribution in [0.1, 0.15) is 13.8 Å². The Hall–Kier alpha value is -2.65. The number of ether oxygens (including phenoxy) is 3. The van der Waals surface area contributed by atoms with Crippen LogP contribution >= 0.6 is 0 Å². The van der Waals surface area contributed by atoms with Crippen LogP contribution in [0.5, 0.6) is 0 Å². The Morgan fingerprint density at radius 3 is 2.35 bits per heavy atom. The van der Waals surface area contributed by atoms with E-state index in [4.69, 9.17) is 14.2 Å². The van der Waals surface area contributed by atoms with Gasteiger partial charge in [0.25, 0.3) is 0 Å². The molecular formula is C17H20N2O7. The van der Waals surface area contributed by atoms with Crippen molar-refractivity contribution >= 4 is 23.7 Å². The third-order valence-electron chi connectivity index (χ3n) is 4.26. The number of carbonyl (C=O) groups is 3. The molecule has 0 spiro atoms. The van der Waals surface area contributed by atoms with E-state index in [0.29, 0.717) is 5.69 Å². The summed E-state index contributed by atoms with van der Waals surface area (Å²) in [5.41, 5.74) is 0.567. The molecule has 0 aliphatic carbocycles. The number of hydrogen-bond acceptors (Lipinski definition) is 7. The monoisotopic (exact) mass is 364 g/mol. The Morgan fingerprint density at radius 1 is 1.12 bits per heavy atom. The molecule has 2 aliphatic heterocycles. The first kappa shape index (κ1) is 18.2. The maximum absolute atomic E-state index is 12.7. The number of urea groups is 1. The molecule has 2 saturated heterocycles. The Morgan fingerprint density at radius 2 is 1.73 bits per heavy atom. The Bertz CT molecular complexity index is 696. The normalized spacial score (nSPS) is 29.8. The molecule has 26 heavy (non-hydrogen) atoms. The zero-order valence-corrected chi connectivity index (χ0v) is 14.3. The van der Waals surface area contributed by atoms with Crippen molar-refractivity contribution in [2.75, 3.05) is 11.9 Å². The van der Waals surface area contributed by atoms with Crippen LogP contribution in [0.3, 0.4) is 0 Å². The number of nitrogens with zero attached hydrogens (tertiary/aromatic N) is 1. The molecule has 0 unspecified atom stereocenters. The summed E-state index contributed by atoms with van der Waals surface area (Å²) in [5, 5.41) is 13.3. The lowest BCUT2D eigenvalue weighted by Gasteiger charge is -2.43. The molecule has 140 valence electrons. The molecule has 2 amide bonds. The van der Waals surface area contributed by atoms with Gasteiger partial charge in [0.2, 0.25) is 0 Å². The van der Waals surface area contributed by atoms with Gasteiger partial charge in [0, 0.05) is 19.5 Å². The summed E-state index contributed by atoms with van der Waals surface area (Å²) < 4.78 is 15.9. The van der Waals surface area contributed by atoms with Crippen molar-refractivity contribution in [2.24, 2.45) is 0 Å². The minimum absolute atomic E-state index is 0.0413. The predicted octanol–water partition coefficient (Wildman–Crippen LogP) is 0.483. The molecule has 0 saturated carbocycles. The van der Waals surface area contributed by atoms with E-state index < -0.39 is 48.6 Å². The van der Waals surface area contributed by atoms with E-state index >= 15 is 0 Å². The first-order valence-electron chi connectivity index (χ1n) is 8.17. The highest BCUT2D eigenvalue weighted by Crippen LogP contribution is 2.35. The van der Waals surface area contributed by atoms with Crippen molar-refractivity contribution in [2.45, 2.75) is 44.4 Å². The zero-order chi connectivity index (χ0) is 18.8. The molecule has 1 aromatic rings. The van der Waals surface area contributed by atoms with Gasteiger partial charge < -0.3 is 24.6 Å². The van der Waals surface area contributed by atoms with Gasteiger partial charge >= 0.3 is 18.0 Å². The molecule has 3 rings (SSSR count). The summed E-state index contributed by atoms with van der Waals surface area (Å²) in [7, 11) is 0. The van der Waals surface area contributed by atoms with E-state index in [2.05, 4.69) is 5.32 Å². The van der Waals surface area contributed by atoms with Gasteiger partial charge in [-0.3, -0.25) is 14.5 Å². The number of aliphatic hydroxyl groups is 1. The topological polar surface area (TPSA) is 114 Å². The number of benzene rings is 1. The van der Waals surface area contributed by atoms with Crippen molar-refractivity contribution in [3.05, 3.63) is 30.3 Å². The fraction of sp³-hybridized carbons (Fsp3) is 0.471. The molecule has 2 heterocycles. The van der Waals surface area contributed by atoms with E-state index in [-0.39, 0.29) is 6.61 Å². The SMILES string of the molecule is CC(=O)O[C@@H]1[C@@H](O)[C@H]2OC[C@@H]([C@H]1OC(C)=O)N2C(=O)Nc1ccccc1. The predicted molar refractivity (Wildman–Crippen MR) is 87.9 cm³/mol. The number of nitrogens with one attached hydrogen (secondary N) is 1. The van der Waals surface area contributed by atoms with Gasteiger partial charge in [-0.15, -0.1) is 0 Å². The molecule has 2 N–H and O–H groups in total. The fourth-order valence-corrected chi connectivity index (χ4v) is 3.28.